The van der Waals surface area contributed by atoms with Crippen molar-refractivity contribution in [2.24, 2.45) is 5.41 Å². The van der Waals surface area contributed by atoms with Gasteiger partial charge in [-0.05, 0) is 28.7 Å². The molecule has 0 fully saturated rings. The topological polar surface area (TPSA) is 61.1 Å². The van der Waals surface area contributed by atoms with E-state index in [1.807, 2.05) is 26.8 Å². The summed E-state index contributed by atoms with van der Waals surface area (Å²) in [6.07, 6.45) is 1.20. The number of allylic oxidation sites excluding steroid dienone is 1. The summed E-state index contributed by atoms with van der Waals surface area (Å²) in [6, 6.07) is 9.04. The molecule has 1 aromatic carbocycles. The Labute approximate surface area is 101 Å². The van der Waals surface area contributed by atoms with E-state index in [1.54, 1.807) is 18.2 Å². The molecule has 0 spiro atoms. The first-order chi connectivity index (χ1) is 7.84. The normalized spacial score (nSPS) is 12.0. The molecule has 0 saturated carbocycles. The average Bonchev–Trinajstić information content (AvgIpc) is 2.24. The Hall–Kier alpha value is -2.08. The molecule has 1 rings (SSSR count). The van der Waals surface area contributed by atoms with E-state index in [2.05, 4.69) is 6.07 Å². The van der Waals surface area contributed by atoms with E-state index in [4.69, 9.17) is 10.4 Å². The summed E-state index contributed by atoms with van der Waals surface area (Å²) in [5.74, 6) is -0.975. The lowest BCUT2D eigenvalue weighted by Gasteiger charge is -2.23. The molecule has 1 N–H and O–H groups in total. The van der Waals surface area contributed by atoms with Crippen LogP contribution in [0.4, 0.5) is 0 Å². The minimum atomic E-state index is -0.975. The van der Waals surface area contributed by atoms with Crippen LogP contribution in [0.3, 0.4) is 0 Å². The number of hydrogen-bond acceptors (Lipinski definition) is 2. The molecule has 1 aromatic rings. The summed E-state index contributed by atoms with van der Waals surface area (Å²) in [5, 5.41) is 17.7. The second-order valence-corrected chi connectivity index (χ2v) is 4.84. The molecule has 17 heavy (non-hydrogen) atoms. The molecule has 0 radical (unpaired) electrons. The molecule has 0 heterocycles. The highest BCUT2D eigenvalue weighted by Gasteiger charge is 2.20. The SMILES string of the molecule is CC(C)(C)/C(=C\C(=O)O)c1cccc(C#N)c1. The maximum absolute atomic E-state index is 10.8. The molecule has 0 amide bonds. The monoisotopic (exact) mass is 229 g/mol. The van der Waals surface area contributed by atoms with Crippen LogP contribution in [0.1, 0.15) is 31.9 Å². The first-order valence-electron chi connectivity index (χ1n) is 5.30. The molecule has 0 aliphatic rings. The molecule has 0 saturated heterocycles. The first-order valence-corrected chi connectivity index (χ1v) is 5.30. The van der Waals surface area contributed by atoms with Crippen molar-refractivity contribution >= 4 is 11.5 Å². The van der Waals surface area contributed by atoms with Gasteiger partial charge in [-0.1, -0.05) is 32.9 Å². The minimum absolute atomic E-state index is 0.285. The molecular weight excluding hydrogens is 214 g/mol. The van der Waals surface area contributed by atoms with Gasteiger partial charge in [0.05, 0.1) is 11.6 Å². The Morgan fingerprint density at radius 1 is 1.41 bits per heavy atom. The fourth-order valence-electron chi connectivity index (χ4n) is 1.61. The number of benzene rings is 1. The van der Waals surface area contributed by atoms with Crippen LogP contribution >= 0.6 is 0 Å². The maximum atomic E-state index is 10.8. The van der Waals surface area contributed by atoms with Crippen molar-refractivity contribution in [3.8, 4) is 6.07 Å². The van der Waals surface area contributed by atoms with Gasteiger partial charge in [0.15, 0.2) is 0 Å². The highest BCUT2D eigenvalue weighted by atomic mass is 16.4. The van der Waals surface area contributed by atoms with Crippen LogP contribution in [0.5, 0.6) is 0 Å². The van der Waals surface area contributed by atoms with Crippen LogP contribution in [0, 0.1) is 16.7 Å². The lowest BCUT2D eigenvalue weighted by molar-refractivity contribution is -0.131. The quantitative estimate of drug-likeness (QED) is 0.793. The third-order valence-electron chi connectivity index (χ3n) is 2.38. The van der Waals surface area contributed by atoms with Gasteiger partial charge in [0, 0.05) is 6.08 Å². The number of nitriles is 1. The Kier molecular flexibility index (Phi) is 3.69. The number of aliphatic carboxylic acids is 1. The Bertz CT molecular complexity index is 502. The Morgan fingerprint density at radius 2 is 2.06 bits per heavy atom. The van der Waals surface area contributed by atoms with Crippen LogP contribution in [0.15, 0.2) is 30.3 Å². The summed E-state index contributed by atoms with van der Waals surface area (Å²) < 4.78 is 0. The molecule has 0 aromatic heterocycles. The van der Waals surface area contributed by atoms with Crippen molar-refractivity contribution in [2.45, 2.75) is 20.8 Å². The fourth-order valence-corrected chi connectivity index (χ4v) is 1.61. The zero-order chi connectivity index (χ0) is 13.1. The summed E-state index contributed by atoms with van der Waals surface area (Å²) in [7, 11) is 0. The van der Waals surface area contributed by atoms with Crippen molar-refractivity contribution in [2.75, 3.05) is 0 Å². The number of hydrogen-bond donors (Lipinski definition) is 1. The van der Waals surface area contributed by atoms with Crippen molar-refractivity contribution < 1.29 is 9.90 Å². The van der Waals surface area contributed by atoms with Gasteiger partial charge in [-0.15, -0.1) is 0 Å². The molecule has 88 valence electrons. The van der Waals surface area contributed by atoms with Crippen LogP contribution in [-0.2, 0) is 4.79 Å². The molecule has 3 nitrogen and oxygen atoms in total. The molecule has 0 unspecified atom stereocenters. The molecule has 0 atom stereocenters. The van der Waals surface area contributed by atoms with E-state index >= 15 is 0 Å². The predicted molar refractivity (Wildman–Crippen MR) is 66.2 cm³/mol. The highest BCUT2D eigenvalue weighted by Crippen LogP contribution is 2.34. The number of carboxylic acids is 1. The van der Waals surface area contributed by atoms with E-state index in [0.29, 0.717) is 11.1 Å². The third-order valence-corrected chi connectivity index (χ3v) is 2.38. The molecule has 0 aliphatic heterocycles. The smallest absolute Gasteiger partial charge is 0.328 e. The van der Waals surface area contributed by atoms with Gasteiger partial charge in [0.1, 0.15) is 0 Å². The van der Waals surface area contributed by atoms with Gasteiger partial charge in [0.2, 0.25) is 0 Å². The lowest BCUT2D eigenvalue weighted by atomic mass is 9.81. The van der Waals surface area contributed by atoms with Crippen LogP contribution in [0.25, 0.3) is 5.57 Å². The van der Waals surface area contributed by atoms with Gasteiger partial charge < -0.3 is 5.11 Å². The van der Waals surface area contributed by atoms with Gasteiger partial charge in [-0.25, -0.2) is 4.79 Å². The highest BCUT2D eigenvalue weighted by molar-refractivity contribution is 5.91. The van der Waals surface area contributed by atoms with Gasteiger partial charge in [0.25, 0.3) is 0 Å². The summed E-state index contributed by atoms with van der Waals surface area (Å²) >= 11 is 0. The summed E-state index contributed by atoms with van der Waals surface area (Å²) in [5.41, 5.74) is 1.73. The Balaban J connectivity index is 3.34. The van der Waals surface area contributed by atoms with Crippen LogP contribution in [-0.4, -0.2) is 11.1 Å². The zero-order valence-electron chi connectivity index (χ0n) is 10.2. The number of carboxylic acid groups (broad SMARTS) is 1. The predicted octanol–water partition coefficient (Wildman–Crippen LogP) is 3.07. The van der Waals surface area contributed by atoms with E-state index in [1.165, 1.54) is 6.08 Å². The fraction of sp³-hybridized carbons (Fsp3) is 0.286. The minimum Gasteiger partial charge on any atom is -0.478 e. The largest absolute Gasteiger partial charge is 0.478 e. The molecule has 3 heteroatoms. The molecule has 0 bridgehead atoms. The van der Waals surface area contributed by atoms with Crippen molar-refractivity contribution in [3.63, 3.8) is 0 Å². The lowest BCUT2D eigenvalue weighted by Crippen LogP contribution is -2.10. The number of carbonyl (C=O) groups is 1. The maximum Gasteiger partial charge on any atom is 0.328 e. The van der Waals surface area contributed by atoms with E-state index < -0.39 is 5.97 Å². The second-order valence-electron chi connectivity index (χ2n) is 4.84. The van der Waals surface area contributed by atoms with Crippen molar-refractivity contribution in [1.82, 2.24) is 0 Å². The van der Waals surface area contributed by atoms with Crippen molar-refractivity contribution in [3.05, 3.63) is 41.5 Å². The summed E-state index contributed by atoms with van der Waals surface area (Å²) in [4.78, 5) is 10.8. The van der Waals surface area contributed by atoms with E-state index in [-0.39, 0.29) is 5.41 Å². The van der Waals surface area contributed by atoms with Crippen LogP contribution < -0.4 is 0 Å². The number of rotatable bonds is 2. The van der Waals surface area contributed by atoms with Gasteiger partial charge in [-0.3, -0.25) is 0 Å². The van der Waals surface area contributed by atoms with Gasteiger partial charge >= 0.3 is 5.97 Å². The molecule has 0 aliphatic carbocycles. The zero-order valence-corrected chi connectivity index (χ0v) is 10.2. The van der Waals surface area contributed by atoms with Crippen LogP contribution in [0.2, 0.25) is 0 Å². The third kappa shape index (κ3) is 3.46. The Morgan fingerprint density at radius 3 is 2.53 bits per heavy atom. The standard InChI is InChI=1S/C14H15NO2/c1-14(2,3)12(8-13(16)17)11-6-4-5-10(7-11)9-15/h4-8H,1-3H3,(H,16,17)/b12-8-. The van der Waals surface area contributed by atoms with Gasteiger partial charge in [-0.2, -0.15) is 5.26 Å². The average molecular weight is 229 g/mol. The number of nitrogens with zero attached hydrogens (tertiary/aromatic N) is 1. The second kappa shape index (κ2) is 4.84. The first kappa shape index (κ1) is 13.0. The summed E-state index contributed by atoms with van der Waals surface area (Å²) in [6.45, 7) is 5.84. The van der Waals surface area contributed by atoms with E-state index in [9.17, 15) is 4.79 Å². The van der Waals surface area contributed by atoms with E-state index in [0.717, 1.165) is 5.56 Å². The molecular formula is C14H15NO2. The van der Waals surface area contributed by atoms with Crippen molar-refractivity contribution in [1.29, 1.82) is 5.26 Å².